The summed E-state index contributed by atoms with van der Waals surface area (Å²) in [6, 6.07) is 15.4. The van der Waals surface area contributed by atoms with E-state index in [0.29, 0.717) is 40.7 Å². The maximum Gasteiger partial charge on any atom is 0.338 e. The van der Waals surface area contributed by atoms with Crippen molar-refractivity contribution in [2.24, 2.45) is 5.10 Å². The van der Waals surface area contributed by atoms with Crippen LogP contribution in [0.25, 0.3) is 0 Å². The number of allylic oxidation sites excluding steroid dienone is 1. The van der Waals surface area contributed by atoms with Gasteiger partial charge < -0.3 is 34.3 Å². The minimum atomic E-state index is -0.774. The molecule has 4 rings (SSSR count). The molecule has 0 saturated carbocycles. The summed E-state index contributed by atoms with van der Waals surface area (Å²) in [6.07, 6.45) is 1.49. The molecule has 0 aromatic heterocycles. The van der Waals surface area contributed by atoms with E-state index < -0.39 is 23.9 Å². The summed E-state index contributed by atoms with van der Waals surface area (Å²) in [5.74, 6) is 0.680. The predicted molar refractivity (Wildman–Crippen MR) is 179 cm³/mol. The molecule has 1 atom stereocenters. The van der Waals surface area contributed by atoms with Gasteiger partial charge in [-0.15, -0.1) is 0 Å². The first-order valence-electron chi connectivity index (χ1n) is 14.3. The van der Waals surface area contributed by atoms with E-state index in [1.54, 1.807) is 45.2 Å². The van der Waals surface area contributed by atoms with Gasteiger partial charge in [0, 0.05) is 5.70 Å². The average molecular weight is 743 g/mol. The molecule has 46 heavy (non-hydrogen) atoms. The number of rotatable bonds is 13. The molecule has 12 nitrogen and oxygen atoms in total. The Bertz CT molecular complexity index is 1670. The lowest BCUT2D eigenvalue weighted by Crippen LogP contribution is -2.45. The first-order valence-corrected chi connectivity index (χ1v) is 15.3. The molecule has 3 aromatic carbocycles. The van der Waals surface area contributed by atoms with Gasteiger partial charge in [-0.2, -0.15) is 5.10 Å². The number of esters is 1. The molecule has 0 aliphatic carbocycles. The molecule has 0 saturated heterocycles. The third-order valence-electron chi connectivity index (χ3n) is 6.76. The van der Waals surface area contributed by atoms with Gasteiger partial charge in [-0.05, 0) is 84.3 Å². The monoisotopic (exact) mass is 742 g/mol. The van der Waals surface area contributed by atoms with E-state index in [4.69, 9.17) is 23.7 Å². The number of ether oxygens (including phenoxy) is 5. The van der Waals surface area contributed by atoms with E-state index in [1.165, 1.54) is 13.3 Å². The largest absolute Gasteiger partial charge is 0.493 e. The minimum absolute atomic E-state index is 0.183. The molecule has 0 bridgehead atoms. The number of carbonyl (C=O) groups excluding carboxylic acids is 3. The zero-order valence-corrected chi connectivity index (χ0v) is 28.2. The third kappa shape index (κ3) is 8.68. The van der Waals surface area contributed by atoms with Gasteiger partial charge in [-0.3, -0.25) is 4.79 Å². The van der Waals surface area contributed by atoms with Gasteiger partial charge in [0.2, 0.25) is 0 Å². The number of aryl methyl sites for hydroxylation is 1. The normalized spacial score (nSPS) is 14.3. The number of nitrogens with one attached hydrogen (secondary N) is 3. The lowest BCUT2D eigenvalue weighted by atomic mass is 9.95. The van der Waals surface area contributed by atoms with E-state index >= 15 is 0 Å². The molecule has 3 aromatic rings. The Hall–Kier alpha value is -4.79. The molecule has 13 heteroatoms. The van der Waals surface area contributed by atoms with Crippen LogP contribution in [0.3, 0.4) is 0 Å². The maximum atomic E-state index is 12.6. The fourth-order valence-electron chi connectivity index (χ4n) is 4.67. The van der Waals surface area contributed by atoms with Crippen molar-refractivity contribution in [1.29, 1.82) is 0 Å². The second-order valence-electron chi connectivity index (χ2n) is 10.1. The first-order chi connectivity index (χ1) is 22.1. The molecule has 242 valence electrons. The second kappa shape index (κ2) is 16.0. The molecular formula is C33H35IN4O8. The summed E-state index contributed by atoms with van der Waals surface area (Å²) >= 11 is 2.17. The van der Waals surface area contributed by atoms with Crippen molar-refractivity contribution in [3.63, 3.8) is 0 Å². The van der Waals surface area contributed by atoms with Gasteiger partial charge in [-0.25, -0.2) is 15.0 Å². The van der Waals surface area contributed by atoms with Crippen LogP contribution in [0.5, 0.6) is 23.0 Å². The molecule has 0 unspecified atom stereocenters. The Balaban J connectivity index is 1.37. The maximum absolute atomic E-state index is 12.6. The van der Waals surface area contributed by atoms with Crippen molar-refractivity contribution in [2.45, 2.75) is 33.4 Å². The number of hydrazone groups is 1. The van der Waals surface area contributed by atoms with E-state index in [9.17, 15) is 14.4 Å². The Morgan fingerprint density at radius 2 is 1.78 bits per heavy atom. The van der Waals surface area contributed by atoms with E-state index in [2.05, 4.69) is 49.8 Å². The molecular weight excluding hydrogens is 707 g/mol. The Kier molecular flexibility index (Phi) is 11.8. The summed E-state index contributed by atoms with van der Waals surface area (Å²) in [5.41, 5.74) is 6.56. The van der Waals surface area contributed by atoms with Gasteiger partial charge in [-0.1, -0.05) is 35.9 Å². The van der Waals surface area contributed by atoms with Crippen LogP contribution in [0.2, 0.25) is 0 Å². The highest BCUT2D eigenvalue weighted by Crippen LogP contribution is 2.35. The number of halogens is 1. The highest BCUT2D eigenvalue weighted by atomic mass is 127. The summed E-state index contributed by atoms with van der Waals surface area (Å²) in [7, 11) is 3.00. The molecule has 0 fully saturated rings. The van der Waals surface area contributed by atoms with Gasteiger partial charge >= 0.3 is 12.0 Å². The van der Waals surface area contributed by atoms with Crippen molar-refractivity contribution < 1.29 is 38.1 Å². The van der Waals surface area contributed by atoms with Crippen LogP contribution in [0.1, 0.15) is 42.1 Å². The Morgan fingerprint density at radius 3 is 2.50 bits per heavy atom. The summed E-state index contributed by atoms with van der Waals surface area (Å²) in [6.45, 7) is 5.59. The molecule has 1 aliphatic heterocycles. The van der Waals surface area contributed by atoms with E-state index in [-0.39, 0.29) is 24.5 Å². The standard InChI is InChI=1S/C33H35IN4O8/c1-6-44-32(40)29-20(3)36-33(41)37-30(29)23-10-11-25(26(15-23)42-4)45-18-28(39)38-35-16-22-13-24(34)31(27(14-22)43-5)46-17-21-9-7-8-19(2)12-21/h7-16,30H,6,17-18H2,1-5H3,(H,38,39)(H2,36,37,41)/b35-16-/t30-/m1/s1. The van der Waals surface area contributed by atoms with Crippen LogP contribution >= 0.6 is 22.6 Å². The SMILES string of the molecule is CCOC(=O)C1=C(C)NC(=O)N[C@@H]1c1ccc(OCC(=O)N/N=C\c2cc(I)c(OCc3cccc(C)c3)c(OC)c2)c(OC)c1. The molecule has 0 spiro atoms. The number of urea groups is 1. The van der Waals surface area contributed by atoms with Gasteiger partial charge in [0.1, 0.15) is 6.61 Å². The molecule has 1 aliphatic rings. The van der Waals surface area contributed by atoms with E-state index in [1.807, 2.05) is 31.2 Å². The van der Waals surface area contributed by atoms with Gasteiger partial charge in [0.25, 0.3) is 5.91 Å². The first kappa shape index (κ1) is 34.1. The third-order valence-corrected chi connectivity index (χ3v) is 7.57. The topological polar surface area (TPSA) is 146 Å². The summed E-state index contributed by atoms with van der Waals surface area (Å²) in [4.78, 5) is 37.3. The summed E-state index contributed by atoms with van der Waals surface area (Å²) < 4.78 is 28.7. The van der Waals surface area contributed by atoms with Gasteiger partial charge in [0.05, 0.1) is 42.2 Å². The fraction of sp³-hybridized carbons (Fsp3) is 0.273. The highest BCUT2D eigenvalue weighted by Gasteiger charge is 2.32. The number of hydrogen-bond donors (Lipinski definition) is 3. The second-order valence-corrected chi connectivity index (χ2v) is 11.3. The molecule has 3 N–H and O–H groups in total. The van der Waals surface area contributed by atoms with Crippen molar-refractivity contribution >= 4 is 46.7 Å². The number of nitrogens with zero attached hydrogens (tertiary/aromatic N) is 1. The quantitative estimate of drug-likeness (QED) is 0.0970. The number of amides is 3. The highest BCUT2D eigenvalue weighted by molar-refractivity contribution is 14.1. The molecule has 3 amide bonds. The zero-order valence-electron chi connectivity index (χ0n) is 26.1. The van der Waals surface area contributed by atoms with Crippen LogP contribution in [0, 0.1) is 10.5 Å². The predicted octanol–water partition coefficient (Wildman–Crippen LogP) is 4.92. The summed E-state index contributed by atoms with van der Waals surface area (Å²) in [5, 5.41) is 9.38. The Morgan fingerprint density at radius 1 is 1.00 bits per heavy atom. The van der Waals surface area contributed by atoms with Crippen molar-refractivity contribution in [1.82, 2.24) is 16.1 Å². The lowest BCUT2D eigenvalue weighted by Gasteiger charge is -2.28. The van der Waals surface area contributed by atoms with E-state index in [0.717, 1.165) is 14.7 Å². The zero-order chi connectivity index (χ0) is 33.2. The average Bonchev–Trinajstić information content (AvgIpc) is 3.02. The number of carbonyl (C=O) groups is 3. The van der Waals surface area contributed by atoms with Gasteiger partial charge in [0.15, 0.2) is 29.6 Å². The van der Waals surface area contributed by atoms with Crippen LogP contribution in [-0.2, 0) is 20.9 Å². The number of benzene rings is 3. The van der Waals surface area contributed by atoms with Crippen molar-refractivity contribution in [3.8, 4) is 23.0 Å². The lowest BCUT2D eigenvalue weighted by molar-refractivity contribution is -0.139. The minimum Gasteiger partial charge on any atom is -0.493 e. The fourth-order valence-corrected chi connectivity index (χ4v) is 5.45. The number of methoxy groups -OCH3 is 2. The van der Waals surface area contributed by atoms with Crippen LogP contribution in [0.15, 0.2) is 71.0 Å². The molecule has 1 heterocycles. The Labute approximate surface area is 280 Å². The smallest absolute Gasteiger partial charge is 0.338 e. The van der Waals surface area contributed by atoms with Crippen LogP contribution in [-0.4, -0.2) is 51.6 Å². The van der Waals surface area contributed by atoms with Crippen LogP contribution < -0.4 is 35.0 Å². The van der Waals surface area contributed by atoms with Crippen molar-refractivity contribution in [3.05, 3.63) is 91.7 Å². The molecule has 0 radical (unpaired) electrons. The van der Waals surface area contributed by atoms with Crippen molar-refractivity contribution in [2.75, 3.05) is 27.4 Å². The number of hydrogen-bond acceptors (Lipinski definition) is 9. The van der Waals surface area contributed by atoms with Crippen LogP contribution in [0.4, 0.5) is 4.79 Å².